The average Bonchev–Trinajstić information content (AvgIpc) is 3.13. The van der Waals surface area contributed by atoms with E-state index < -0.39 is 0 Å². The lowest BCUT2D eigenvalue weighted by Crippen LogP contribution is -2.39. The Hall–Kier alpha value is -1.69. The lowest BCUT2D eigenvalue weighted by molar-refractivity contribution is -0.123. The number of furan rings is 1. The van der Waals surface area contributed by atoms with E-state index >= 15 is 0 Å². The van der Waals surface area contributed by atoms with Gasteiger partial charge in [-0.3, -0.25) is 9.69 Å². The predicted octanol–water partition coefficient (Wildman–Crippen LogP) is 3.99. The smallest absolute Gasteiger partial charge is 0.257 e. The van der Waals surface area contributed by atoms with Gasteiger partial charge in [-0.15, -0.1) is 0 Å². The quantitative estimate of drug-likeness (QED) is 0.768. The molecular formula is C19H22Cl2N2O3. The molecule has 3 rings (SSSR count). The van der Waals surface area contributed by atoms with E-state index in [9.17, 15) is 4.79 Å². The summed E-state index contributed by atoms with van der Waals surface area (Å²) in [5.74, 6) is 1.80. The number of rotatable bonds is 7. The monoisotopic (exact) mass is 396 g/mol. The van der Waals surface area contributed by atoms with Crippen LogP contribution < -0.4 is 10.1 Å². The molecule has 1 aromatic heterocycles. The van der Waals surface area contributed by atoms with Crippen molar-refractivity contribution >= 4 is 29.1 Å². The van der Waals surface area contributed by atoms with E-state index in [2.05, 4.69) is 10.2 Å². The van der Waals surface area contributed by atoms with E-state index in [1.54, 1.807) is 24.5 Å². The third-order valence-electron chi connectivity index (χ3n) is 4.51. The second-order valence-electron chi connectivity index (χ2n) is 6.47. The number of benzene rings is 1. The van der Waals surface area contributed by atoms with Gasteiger partial charge >= 0.3 is 0 Å². The molecule has 0 saturated carbocycles. The van der Waals surface area contributed by atoms with Crippen molar-refractivity contribution in [2.24, 2.45) is 5.92 Å². The van der Waals surface area contributed by atoms with Crippen molar-refractivity contribution in [1.29, 1.82) is 0 Å². The zero-order valence-electron chi connectivity index (χ0n) is 14.4. The van der Waals surface area contributed by atoms with Gasteiger partial charge in [0.1, 0.15) is 11.5 Å². The Morgan fingerprint density at radius 3 is 2.77 bits per heavy atom. The van der Waals surface area contributed by atoms with E-state index in [4.69, 9.17) is 32.4 Å². The van der Waals surface area contributed by atoms with Crippen LogP contribution in [0.1, 0.15) is 18.6 Å². The topological polar surface area (TPSA) is 54.7 Å². The van der Waals surface area contributed by atoms with E-state index in [-0.39, 0.29) is 12.5 Å². The molecule has 0 atom stereocenters. The van der Waals surface area contributed by atoms with Crippen molar-refractivity contribution in [3.63, 3.8) is 0 Å². The first-order valence-electron chi connectivity index (χ1n) is 8.69. The molecule has 2 heterocycles. The number of halogens is 2. The maximum Gasteiger partial charge on any atom is 0.257 e. The standard InChI is InChI=1S/C19H22Cl2N2O3/c20-15-3-4-18(17(21)10-15)26-13-19(24)22-11-14-5-7-23(8-6-14)12-16-2-1-9-25-16/h1-4,9-10,14H,5-8,11-13H2,(H,22,24). The molecule has 26 heavy (non-hydrogen) atoms. The summed E-state index contributed by atoms with van der Waals surface area (Å²) >= 11 is 11.9. The number of nitrogens with one attached hydrogen (secondary N) is 1. The van der Waals surface area contributed by atoms with Gasteiger partial charge in [-0.1, -0.05) is 23.2 Å². The molecule has 1 saturated heterocycles. The van der Waals surface area contributed by atoms with Crippen molar-refractivity contribution in [3.8, 4) is 5.75 Å². The molecule has 1 amide bonds. The van der Waals surface area contributed by atoms with Gasteiger partial charge in [0, 0.05) is 11.6 Å². The highest BCUT2D eigenvalue weighted by Crippen LogP contribution is 2.27. The molecular weight excluding hydrogens is 375 g/mol. The summed E-state index contributed by atoms with van der Waals surface area (Å²) in [5, 5.41) is 3.87. The number of piperidine rings is 1. The van der Waals surface area contributed by atoms with Crippen LogP contribution in [0.3, 0.4) is 0 Å². The summed E-state index contributed by atoms with van der Waals surface area (Å²) in [6, 6.07) is 8.84. The zero-order chi connectivity index (χ0) is 18.4. The van der Waals surface area contributed by atoms with Crippen LogP contribution >= 0.6 is 23.2 Å². The van der Waals surface area contributed by atoms with Crippen LogP contribution in [0.15, 0.2) is 41.0 Å². The summed E-state index contributed by atoms with van der Waals surface area (Å²) in [5.41, 5.74) is 0. The van der Waals surface area contributed by atoms with Crippen molar-refractivity contribution in [1.82, 2.24) is 10.2 Å². The van der Waals surface area contributed by atoms with Crippen molar-refractivity contribution in [2.45, 2.75) is 19.4 Å². The summed E-state index contributed by atoms with van der Waals surface area (Å²) < 4.78 is 10.8. The lowest BCUT2D eigenvalue weighted by Gasteiger charge is -2.31. The number of amides is 1. The normalized spacial score (nSPS) is 15.8. The molecule has 2 aromatic rings. The third-order valence-corrected chi connectivity index (χ3v) is 5.04. The number of carbonyl (C=O) groups excluding carboxylic acids is 1. The Balaban J connectivity index is 1.33. The van der Waals surface area contributed by atoms with Crippen molar-refractivity contribution in [3.05, 3.63) is 52.4 Å². The fraction of sp³-hybridized carbons (Fsp3) is 0.421. The number of nitrogens with zero attached hydrogens (tertiary/aromatic N) is 1. The molecule has 0 bridgehead atoms. The molecule has 0 aliphatic carbocycles. The fourth-order valence-corrected chi connectivity index (χ4v) is 3.48. The van der Waals surface area contributed by atoms with Gasteiger partial charge in [0.2, 0.25) is 0 Å². The molecule has 0 radical (unpaired) electrons. The first kappa shape index (κ1) is 19.1. The van der Waals surface area contributed by atoms with Gasteiger partial charge in [-0.05, 0) is 62.2 Å². The van der Waals surface area contributed by atoms with E-state index in [1.807, 2.05) is 12.1 Å². The molecule has 140 valence electrons. The Labute approximate surface area is 163 Å². The number of carbonyl (C=O) groups is 1. The second kappa shape index (κ2) is 9.31. The molecule has 1 aromatic carbocycles. The Bertz CT molecular complexity index is 714. The van der Waals surface area contributed by atoms with E-state index in [0.717, 1.165) is 38.2 Å². The minimum Gasteiger partial charge on any atom is -0.482 e. The number of hydrogen-bond donors (Lipinski definition) is 1. The van der Waals surface area contributed by atoms with Crippen LogP contribution in [0.25, 0.3) is 0 Å². The fourth-order valence-electron chi connectivity index (χ4n) is 3.02. The van der Waals surface area contributed by atoms with Gasteiger partial charge in [-0.25, -0.2) is 0 Å². The second-order valence-corrected chi connectivity index (χ2v) is 7.31. The minimum atomic E-state index is -0.144. The zero-order valence-corrected chi connectivity index (χ0v) is 15.9. The molecule has 1 fully saturated rings. The summed E-state index contributed by atoms with van der Waals surface area (Å²) in [4.78, 5) is 14.4. The largest absolute Gasteiger partial charge is 0.482 e. The van der Waals surface area contributed by atoms with E-state index in [1.165, 1.54) is 0 Å². The number of ether oxygens (including phenoxy) is 1. The molecule has 1 N–H and O–H groups in total. The van der Waals surface area contributed by atoms with Gasteiger partial charge in [-0.2, -0.15) is 0 Å². The van der Waals surface area contributed by atoms with Crippen molar-refractivity contribution in [2.75, 3.05) is 26.2 Å². The maximum absolute atomic E-state index is 12.0. The van der Waals surface area contributed by atoms with Crippen LogP contribution in [0.4, 0.5) is 0 Å². The molecule has 1 aliphatic heterocycles. The van der Waals surface area contributed by atoms with Crippen molar-refractivity contribution < 1.29 is 13.9 Å². The SMILES string of the molecule is O=C(COc1ccc(Cl)cc1Cl)NCC1CCN(Cc2ccco2)CC1. The minimum absolute atomic E-state index is 0.0569. The maximum atomic E-state index is 12.0. The number of hydrogen-bond acceptors (Lipinski definition) is 4. The summed E-state index contributed by atoms with van der Waals surface area (Å²) in [7, 11) is 0. The Kier molecular flexibility index (Phi) is 6.83. The molecule has 5 nitrogen and oxygen atoms in total. The molecule has 1 aliphatic rings. The van der Waals surface area contributed by atoms with Crippen LogP contribution in [0.5, 0.6) is 5.75 Å². The lowest BCUT2D eigenvalue weighted by atomic mass is 9.96. The Morgan fingerprint density at radius 2 is 2.08 bits per heavy atom. The highest BCUT2D eigenvalue weighted by atomic mass is 35.5. The Morgan fingerprint density at radius 1 is 1.27 bits per heavy atom. The number of likely N-dealkylation sites (tertiary alicyclic amines) is 1. The van der Waals surface area contributed by atoms with Crippen LogP contribution in [0.2, 0.25) is 10.0 Å². The molecule has 0 unspecified atom stereocenters. The third kappa shape index (κ3) is 5.66. The van der Waals surface area contributed by atoms with Gasteiger partial charge in [0.05, 0.1) is 17.8 Å². The van der Waals surface area contributed by atoms with E-state index in [0.29, 0.717) is 28.3 Å². The summed E-state index contributed by atoms with van der Waals surface area (Å²) in [6.45, 7) is 3.49. The highest BCUT2D eigenvalue weighted by Gasteiger charge is 2.20. The van der Waals surface area contributed by atoms with Crippen LogP contribution in [-0.2, 0) is 11.3 Å². The van der Waals surface area contributed by atoms with Crippen LogP contribution in [0, 0.1) is 5.92 Å². The van der Waals surface area contributed by atoms with Gasteiger partial charge in [0.15, 0.2) is 6.61 Å². The highest BCUT2D eigenvalue weighted by molar-refractivity contribution is 6.35. The summed E-state index contributed by atoms with van der Waals surface area (Å²) in [6.07, 6.45) is 3.83. The average molecular weight is 397 g/mol. The molecule has 0 spiro atoms. The van der Waals surface area contributed by atoms with Gasteiger partial charge in [0.25, 0.3) is 5.91 Å². The molecule has 7 heteroatoms. The first-order chi connectivity index (χ1) is 12.6. The first-order valence-corrected chi connectivity index (χ1v) is 9.45. The van der Waals surface area contributed by atoms with Crippen LogP contribution in [-0.4, -0.2) is 37.0 Å². The van der Waals surface area contributed by atoms with Gasteiger partial charge < -0.3 is 14.5 Å². The predicted molar refractivity (Wildman–Crippen MR) is 102 cm³/mol.